The molecule has 0 bridgehead atoms. The fourth-order valence-corrected chi connectivity index (χ4v) is 3.80. The highest BCUT2D eigenvalue weighted by Gasteiger charge is 2.28. The minimum Gasteiger partial charge on any atom is -0.495 e. The van der Waals surface area contributed by atoms with Gasteiger partial charge in [-0.05, 0) is 43.0 Å². The molecule has 2 amide bonds. The van der Waals surface area contributed by atoms with Gasteiger partial charge in [0.25, 0.3) is 11.8 Å². The molecular formula is C22H24N4O3. The first-order valence-electron chi connectivity index (χ1n) is 9.79. The second-order valence-electron chi connectivity index (χ2n) is 7.39. The number of likely N-dealkylation sites (tertiary alicyclic amines) is 1. The summed E-state index contributed by atoms with van der Waals surface area (Å²) in [5, 5.41) is 2.84. The van der Waals surface area contributed by atoms with Crippen molar-refractivity contribution in [1.29, 1.82) is 0 Å². The fraction of sp³-hybridized carbons (Fsp3) is 0.318. The number of aromatic nitrogens is 2. The van der Waals surface area contributed by atoms with Crippen LogP contribution in [-0.4, -0.2) is 46.3 Å². The molecule has 1 N–H and O–H groups in total. The zero-order valence-corrected chi connectivity index (χ0v) is 16.6. The van der Waals surface area contributed by atoms with Crippen molar-refractivity contribution >= 4 is 23.0 Å². The zero-order valence-electron chi connectivity index (χ0n) is 16.6. The third kappa shape index (κ3) is 3.68. The average molecular weight is 392 g/mol. The molecule has 7 nitrogen and oxygen atoms in total. The molecule has 1 aliphatic rings. The number of carbonyl (C=O) groups is 2. The van der Waals surface area contributed by atoms with Gasteiger partial charge in [0.05, 0.1) is 18.3 Å². The summed E-state index contributed by atoms with van der Waals surface area (Å²) in [6, 6.07) is 12.6. The number of rotatable bonds is 4. The molecule has 1 fully saturated rings. The highest BCUT2D eigenvalue weighted by Crippen LogP contribution is 2.25. The molecule has 3 aromatic rings. The smallest absolute Gasteiger partial charge is 0.290 e. The van der Waals surface area contributed by atoms with Gasteiger partial charge in [0.2, 0.25) is 5.82 Å². The van der Waals surface area contributed by atoms with E-state index in [0.29, 0.717) is 36.0 Å². The van der Waals surface area contributed by atoms with Gasteiger partial charge in [0.1, 0.15) is 5.75 Å². The van der Waals surface area contributed by atoms with Gasteiger partial charge in [-0.25, -0.2) is 4.98 Å². The van der Waals surface area contributed by atoms with E-state index in [1.165, 1.54) is 0 Å². The number of methoxy groups -OCH3 is 1. The lowest BCUT2D eigenvalue weighted by atomic mass is 10.0. The molecule has 3 heterocycles. The normalized spacial score (nSPS) is 16.6. The Morgan fingerprint density at radius 3 is 2.76 bits per heavy atom. The largest absolute Gasteiger partial charge is 0.495 e. The van der Waals surface area contributed by atoms with Crippen LogP contribution in [0.1, 0.15) is 40.9 Å². The van der Waals surface area contributed by atoms with Gasteiger partial charge in [-0.15, -0.1) is 0 Å². The first kappa shape index (κ1) is 19.0. The lowest BCUT2D eigenvalue weighted by Gasteiger charge is -2.30. The number of pyridine rings is 1. The van der Waals surface area contributed by atoms with Crippen LogP contribution in [0.4, 0.5) is 5.69 Å². The van der Waals surface area contributed by atoms with Crippen molar-refractivity contribution in [3.63, 3.8) is 0 Å². The van der Waals surface area contributed by atoms with Crippen LogP contribution in [0, 0.1) is 5.92 Å². The molecule has 4 rings (SSSR count). The molecule has 0 aliphatic carbocycles. The number of ether oxygens (including phenoxy) is 1. The van der Waals surface area contributed by atoms with Gasteiger partial charge < -0.3 is 15.0 Å². The predicted octanol–water partition coefficient (Wildman–Crippen LogP) is 3.47. The Morgan fingerprint density at radius 1 is 1.17 bits per heavy atom. The van der Waals surface area contributed by atoms with Crippen LogP contribution >= 0.6 is 0 Å². The van der Waals surface area contributed by atoms with Crippen LogP contribution < -0.4 is 10.1 Å². The highest BCUT2D eigenvalue weighted by atomic mass is 16.5. The molecule has 0 spiro atoms. The summed E-state index contributed by atoms with van der Waals surface area (Å²) in [7, 11) is 1.55. The van der Waals surface area contributed by atoms with Crippen LogP contribution in [0.5, 0.6) is 5.75 Å². The van der Waals surface area contributed by atoms with E-state index in [1.807, 2.05) is 29.2 Å². The second kappa shape index (κ2) is 7.95. The Morgan fingerprint density at radius 2 is 1.97 bits per heavy atom. The maximum absolute atomic E-state index is 13.1. The summed E-state index contributed by atoms with van der Waals surface area (Å²) >= 11 is 0. The number of benzene rings is 1. The number of carbonyl (C=O) groups excluding carboxylic acids is 2. The Balaban J connectivity index is 1.69. The molecule has 0 radical (unpaired) electrons. The molecule has 29 heavy (non-hydrogen) atoms. The number of imidazole rings is 1. The summed E-state index contributed by atoms with van der Waals surface area (Å²) in [5.41, 5.74) is 1.35. The molecule has 1 aliphatic heterocycles. The van der Waals surface area contributed by atoms with E-state index >= 15 is 0 Å². The number of nitrogens with zero attached hydrogens (tertiary/aromatic N) is 3. The predicted molar refractivity (Wildman–Crippen MR) is 110 cm³/mol. The number of hydrogen-bond acceptors (Lipinski definition) is 4. The number of amides is 2. The topological polar surface area (TPSA) is 75.9 Å². The highest BCUT2D eigenvalue weighted by molar-refractivity contribution is 6.09. The van der Waals surface area contributed by atoms with E-state index in [1.54, 1.807) is 35.9 Å². The first-order valence-corrected chi connectivity index (χ1v) is 9.79. The third-order valence-electron chi connectivity index (χ3n) is 5.25. The summed E-state index contributed by atoms with van der Waals surface area (Å²) in [6.45, 7) is 3.58. The standard InChI is InChI=1S/C22H24N4O3/c1-15-8-7-12-25(14-15)22(28)20-24-19(17-10-5-6-13-26(17)20)21(27)23-16-9-3-4-11-18(16)29-2/h3-6,9-11,13,15H,7-8,12,14H2,1-2H3,(H,23,27). The molecule has 1 unspecified atom stereocenters. The Kier molecular flexibility index (Phi) is 5.20. The second-order valence-corrected chi connectivity index (χ2v) is 7.39. The van der Waals surface area contributed by atoms with Crippen LogP contribution in [0.3, 0.4) is 0 Å². The minimum atomic E-state index is -0.385. The van der Waals surface area contributed by atoms with Crippen LogP contribution in [0.15, 0.2) is 48.7 Å². The van der Waals surface area contributed by atoms with Crippen molar-refractivity contribution in [2.75, 3.05) is 25.5 Å². The van der Waals surface area contributed by atoms with Crippen molar-refractivity contribution in [3.05, 3.63) is 60.2 Å². The summed E-state index contributed by atoms with van der Waals surface area (Å²) in [4.78, 5) is 32.4. The zero-order chi connectivity index (χ0) is 20.4. The Hall–Kier alpha value is -3.35. The van der Waals surface area contributed by atoms with Crippen LogP contribution in [0.2, 0.25) is 0 Å². The number of anilines is 1. The Bertz CT molecular complexity index is 1060. The van der Waals surface area contributed by atoms with Crippen molar-refractivity contribution in [2.45, 2.75) is 19.8 Å². The van der Waals surface area contributed by atoms with Gasteiger partial charge in [-0.1, -0.05) is 25.1 Å². The summed E-state index contributed by atoms with van der Waals surface area (Å²) in [6.07, 6.45) is 3.87. The quantitative estimate of drug-likeness (QED) is 0.738. The van der Waals surface area contributed by atoms with E-state index < -0.39 is 0 Å². The molecule has 1 atom stereocenters. The fourth-order valence-electron chi connectivity index (χ4n) is 3.80. The maximum Gasteiger partial charge on any atom is 0.290 e. The molecule has 7 heteroatoms. The summed E-state index contributed by atoms with van der Waals surface area (Å²) < 4.78 is 6.99. The third-order valence-corrected chi connectivity index (χ3v) is 5.25. The van der Waals surface area contributed by atoms with Gasteiger partial charge in [-0.3, -0.25) is 14.0 Å². The SMILES string of the molecule is COc1ccccc1NC(=O)c1nc(C(=O)N2CCCC(C)C2)n2ccccc12. The lowest BCUT2D eigenvalue weighted by molar-refractivity contribution is 0.0670. The number of nitrogens with one attached hydrogen (secondary N) is 1. The number of piperidine rings is 1. The molecule has 0 saturated carbocycles. The van der Waals surface area contributed by atoms with Gasteiger partial charge in [0, 0.05) is 19.3 Å². The lowest BCUT2D eigenvalue weighted by Crippen LogP contribution is -2.39. The first-order chi connectivity index (χ1) is 14.1. The maximum atomic E-state index is 13.1. The molecule has 2 aromatic heterocycles. The van der Waals surface area contributed by atoms with E-state index in [4.69, 9.17) is 4.74 Å². The minimum absolute atomic E-state index is 0.144. The molecule has 1 aromatic carbocycles. The van der Waals surface area contributed by atoms with E-state index in [0.717, 1.165) is 12.8 Å². The number of para-hydroxylation sites is 2. The van der Waals surface area contributed by atoms with Crippen molar-refractivity contribution in [3.8, 4) is 5.75 Å². The summed E-state index contributed by atoms with van der Waals surface area (Å²) in [5.74, 6) is 0.758. The van der Waals surface area contributed by atoms with Gasteiger partial charge in [-0.2, -0.15) is 0 Å². The monoisotopic (exact) mass is 392 g/mol. The van der Waals surface area contributed by atoms with Crippen molar-refractivity contribution in [2.24, 2.45) is 5.92 Å². The molecule has 150 valence electrons. The van der Waals surface area contributed by atoms with Crippen LogP contribution in [0.25, 0.3) is 5.52 Å². The van der Waals surface area contributed by atoms with E-state index in [-0.39, 0.29) is 23.3 Å². The van der Waals surface area contributed by atoms with Gasteiger partial charge in [0.15, 0.2) is 5.69 Å². The van der Waals surface area contributed by atoms with Crippen LogP contribution in [-0.2, 0) is 0 Å². The van der Waals surface area contributed by atoms with Crippen molar-refractivity contribution < 1.29 is 14.3 Å². The van der Waals surface area contributed by atoms with E-state index in [9.17, 15) is 9.59 Å². The number of fused-ring (bicyclic) bond motifs is 1. The molecular weight excluding hydrogens is 368 g/mol. The van der Waals surface area contributed by atoms with Crippen molar-refractivity contribution in [1.82, 2.24) is 14.3 Å². The Labute approximate surface area is 169 Å². The van der Waals surface area contributed by atoms with E-state index in [2.05, 4.69) is 17.2 Å². The average Bonchev–Trinajstić information content (AvgIpc) is 3.13. The molecule has 1 saturated heterocycles. The van der Waals surface area contributed by atoms with Gasteiger partial charge >= 0.3 is 0 Å². The number of hydrogen-bond donors (Lipinski definition) is 1.